The van der Waals surface area contributed by atoms with E-state index in [0.29, 0.717) is 19.0 Å². The zero-order valence-electron chi connectivity index (χ0n) is 13.2. The van der Waals surface area contributed by atoms with Gasteiger partial charge in [-0.1, -0.05) is 32.6 Å². The maximum Gasteiger partial charge on any atom is 0.326 e. The van der Waals surface area contributed by atoms with Crippen molar-refractivity contribution in [1.82, 2.24) is 15.5 Å². The molecule has 1 aliphatic rings. The molecule has 1 unspecified atom stereocenters. The molecule has 1 rings (SSSR count). The van der Waals surface area contributed by atoms with E-state index in [1.54, 1.807) is 0 Å². The maximum absolute atomic E-state index is 11.7. The first-order valence-corrected chi connectivity index (χ1v) is 8.02. The summed E-state index contributed by atoms with van der Waals surface area (Å²) in [5, 5.41) is 14.3. The number of unbranched alkanes of at least 4 members (excludes halogenated alkanes) is 1. The molecule has 3 N–H and O–H groups in total. The van der Waals surface area contributed by atoms with E-state index in [1.165, 1.54) is 25.7 Å². The molecule has 6 heteroatoms. The normalized spacial score (nSPS) is 16.9. The molecule has 0 spiro atoms. The van der Waals surface area contributed by atoms with Gasteiger partial charge in [0, 0.05) is 19.1 Å². The van der Waals surface area contributed by atoms with Crippen LogP contribution in [0.1, 0.15) is 51.9 Å². The fourth-order valence-electron chi connectivity index (χ4n) is 2.75. The second kappa shape index (κ2) is 9.60. The minimum absolute atomic E-state index is 0.390. The number of urea groups is 1. The molecule has 6 nitrogen and oxygen atoms in total. The van der Waals surface area contributed by atoms with Gasteiger partial charge in [-0.3, -0.25) is 0 Å². The minimum Gasteiger partial charge on any atom is -0.480 e. The number of amides is 2. The Kier molecular flexibility index (Phi) is 8.12. The molecule has 0 aromatic heterocycles. The lowest BCUT2D eigenvalue weighted by Gasteiger charge is -2.24. The Bertz CT molecular complexity index is 330. The van der Waals surface area contributed by atoms with Crippen molar-refractivity contribution in [2.24, 2.45) is 0 Å². The molecule has 0 aliphatic heterocycles. The number of nitrogens with zero attached hydrogens (tertiary/aromatic N) is 1. The van der Waals surface area contributed by atoms with E-state index in [9.17, 15) is 9.59 Å². The van der Waals surface area contributed by atoms with Gasteiger partial charge in [0.05, 0.1) is 0 Å². The largest absolute Gasteiger partial charge is 0.480 e. The fourth-order valence-corrected chi connectivity index (χ4v) is 2.75. The zero-order valence-corrected chi connectivity index (χ0v) is 13.2. The Morgan fingerprint density at radius 1 is 1.33 bits per heavy atom. The van der Waals surface area contributed by atoms with Crippen LogP contribution in [0.4, 0.5) is 4.79 Å². The summed E-state index contributed by atoms with van der Waals surface area (Å²) < 4.78 is 0. The number of rotatable bonds is 9. The van der Waals surface area contributed by atoms with E-state index < -0.39 is 18.0 Å². The number of aliphatic carboxylic acids is 1. The van der Waals surface area contributed by atoms with Crippen molar-refractivity contribution in [2.45, 2.75) is 64.0 Å². The molecule has 2 amide bonds. The molecule has 21 heavy (non-hydrogen) atoms. The predicted octanol–water partition coefficient (Wildman–Crippen LogP) is 1.80. The molecule has 0 radical (unpaired) electrons. The van der Waals surface area contributed by atoms with Crippen LogP contribution in [0.15, 0.2) is 0 Å². The van der Waals surface area contributed by atoms with Gasteiger partial charge in [0.25, 0.3) is 0 Å². The summed E-state index contributed by atoms with van der Waals surface area (Å²) in [4.78, 5) is 25.0. The van der Waals surface area contributed by atoms with E-state index in [0.717, 1.165) is 19.4 Å². The second-order valence-corrected chi connectivity index (χ2v) is 5.85. The van der Waals surface area contributed by atoms with Crippen LogP contribution < -0.4 is 10.6 Å². The van der Waals surface area contributed by atoms with Gasteiger partial charge < -0.3 is 20.6 Å². The van der Waals surface area contributed by atoms with Crippen molar-refractivity contribution < 1.29 is 14.7 Å². The SMILES string of the molecule is CCCCC(NC(=O)NCCN(C)C1CCCC1)C(=O)O. The topological polar surface area (TPSA) is 81.7 Å². The van der Waals surface area contributed by atoms with Gasteiger partial charge in [0.2, 0.25) is 0 Å². The standard InChI is InChI=1S/C15H29N3O3/c1-3-4-9-13(14(19)20)17-15(21)16-10-11-18(2)12-7-5-6-8-12/h12-13H,3-11H2,1-2H3,(H,19,20)(H2,16,17,21). The number of carboxylic acids is 1. The molecule has 0 aromatic carbocycles. The minimum atomic E-state index is -0.971. The van der Waals surface area contributed by atoms with Crippen molar-refractivity contribution in [3.63, 3.8) is 0 Å². The van der Waals surface area contributed by atoms with Crippen LogP contribution in [-0.4, -0.2) is 54.2 Å². The van der Waals surface area contributed by atoms with Crippen LogP contribution in [0, 0.1) is 0 Å². The highest BCUT2D eigenvalue weighted by Crippen LogP contribution is 2.21. The lowest BCUT2D eigenvalue weighted by molar-refractivity contribution is -0.139. The Balaban J connectivity index is 2.20. The number of carbonyl (C=O) groups excluding carboxylic acids is 1. The summed E-state index contributed by atoms with van der Waals surface area (Å²) in [6.45, 7) is 3.33. The number of hydrogen-bond donors (Lipinski definition) is 3. The number of carbonyl (C=O) groups is 2. The molecular weight excluding hydrogens is 270 g/mol. The van der Waals surface area contributed by atoms with Gasteiger partial charge in [-0.05, 0) is 26.3 Å². The van der Waals surface area contributed by atoms with Crippen molar-refractivity contribution in [3.8, 4) is 0 Å². The molecule has 1 fully saturated rings. The smallest absolute Gasteiger partial charge is 0.326 e. The molecular formula is C15H29N3O3. The molecule has 122 valence electrons. The van der Waals surface area contributed by atoms with E-state index in [2.05, 4.69) is 22.6 Å². The first-order chi connectivity index (χ1) is 10.0. The molecule has 0 bridgehead atoms. The fraction of sp³-hybridized carbons (Fsp3) is 0.867. The Morgan fingerprint density at radius 2 is 2.00 bits per heavy atom. The van der Waals surface area contributed by atoms with Crippen LogP contribution >= 0.6 is 0 Å². The van der Waals surface area contributed by atoms with Crippen molar-refractivity contribution in [1.29, 1.82) is 0 Å². The van der Waals surface area contributed by atoms with E-state index in [1.807, 2.05) is 6.92 Å². The maximum atomic E-state index is 11.7. The second-order valence-electron chi connectivity index (χ2n) is 5.85. The molecule has 0 heterocycles. The predicted molar refractivity (Wildman–Crippen MR) is 82.4 cm³/mol. The summed E-state index contributed by atoms with van der Waals surface area (Å²) in [5.41, 5.74) is 0. The summed E-state index contributed by atoms with van der Waals surface area (Å²) in [6.07, 6.45) is 7.24. The molecule has 1 saturated carbocycles. The lowest BCUT2D eigenvalue weighted by Crippen LogP contribution is -2.47. The highest BCUT2D eigenvalue weighted by molar-refractivity contribution is 5.82. The first-order valence-electron chi connectivity index (χ1n) is 8.02. The highest BCUT2D eigenvalue weighted by atomic mass is 16.4. The third-order valence-electron chi connectivity index (χ3n) is 4.15. The Labute approximate surface area is 127 Å². The Morgan fingerprint density at radius 3 is 2.57 bits per heavy atom. The third kappa shape index (κ3) is 6.80. The van der Waals surface area contributed by atoms with Crippen LogP contribution in [0.5, 0.6) is 0 Å². The Hall–Kier alpha value is -1.30. The van der Waals surface area contributed by atoms with E-state index >= 15 is 0 Å². The summed E-state index contributed by atoms with van der Waals surface area (Å²) in [5.74, 6) is -0.971. The molecule has 1 atom stereocenters. The molecule has 0 aromatic rings. The van der Waals surface area contributed by atoms with Gasteiger partial charge in [-0.15, -0.1) is 0 Å². The van der Waals surface area contributed by atoms with Crippen molar-refractivity contribution in [3.05, 3.63) is 0 Å². The van der Waals surface area contributed by atoms with Crippen LogP contribution in [0.2, 0.25) is 0 Å². The number of hydrogen-bond acceptors (Lipinski definition) is 3. The summed E-state index contributed by atoms with van der Waals surface area (Å²) in [6, 6.07) is -0.554. The average molecular weight is 299 g/mol. The monoisotopic (exact) mass is 299 g/mol. The molecule has 1 aliphatic carbocycles. The number of likely N-dealkylation sites (N-methyl/N-ethyl adjacent to an activating group) is 1. The summed E-state index contributed by atoms with van der Waals surface area (Å²) in [7, 11) is 2.08. The molecule has 0 saturated heterocycles. The highest BCUT2D eigenvalue weighted by Gasteiger charge is 2.20. The van der Waals surface area contributed by atoms with Gasteiger partial charge in [0.15, 0.2) is 0 Å². The van der Waals surface area contributed by atoms with E-state index in [4.69, 9.17) is 5.11 Å². The van der Waals surface area contributed by atoms with E-state index in [-0.39, 0.29) is 0 Å². The third-order valence-corrected chi connectivity index (χ3v) is 4.15. The van der Waals surface area contributed by atoms with Crippen LogP contribution in [0.25, 0.3) is 0 Å². The van der Waals surface area contributed by atoms with Crippen LogP contribution in [-0.2, 0) is 4.79 Å². The number of carboxylic acid groups (broad SMARTS) is 1. The average Bonchev–Trinajstić information content (AvgIpc) is 2.97. The van der Waals surface area contributed by atoms with Gasteiger partial charge >= 0.3 is 12.0 Å². The lowest BCUT2D eigenvalue weighted by atomic mass is 10.1. The van der Waals surface area contributed by atoms with Gasteiger partial charge in [-0.25, -0.2) is 9.59 Å². The number of nitrogens with one attached hydrogen (secondary N) is 2. The van der Waals surface area contributed by atoms with Gasteiger partial charge in [-0.2, -0.15) is 0 Å². The van der Waals surface area contributed by atoms with Crippen LogP contribution in [0.3, 0.4) is 0 Å². The van der Waals surface area contributed by atoms with Crippen molar-refractivity contribution in [2.75, 3.05) is 20.1 Å². The zero-order chi connectivity index (χ0) is 15.7. The quantitative estimate of drug-likeness (QED) is 0.606. The van der Waals surface area contributed by atoms with Gasteiger partial charge in [0.1, 0.15) is 6.04 Å². The first kappa shape index (κ1) is 17.8. The van der Waals surface area contributed by atoms with Crippen molar-refractivity contribution >= 4 is 12.0 Å². The summed E-state index contributed by atoms with van der Waals surface area (Å²) >= 11 is 0.